The number of aromatic nitrogens is 3. The van der Waals surface area contributed by atoms with Crippen molar-refractivity contribution in [3.8, 4) is 6.07 Å². The standard InChI is InChI=1S/C14H13ClN6O2S/c1-2-21-14(17)11(7-19-21)24(22,23)20-10-4-3-9(15)12-8(5-16)6-18-13(10)12/h3-4,6-7,18,20H,2,17H2,1H3. The molecule has 0 amide bonds. The number of anilines is 2. The molecule has 3 rings (SSSR count). The van der Waals surface area contributed by atoms with Gasteiger partial charge in [0, 0.05) is 18.1 Å². The molecule has 4 N–H and O–H groups in total. The Labute approximate surface area is 142 Å². The normalized spacial score (nSPS) is 11.5. The number of H-pyrrole nitrogens is 1. The molecule has 0 atom stereocenters. The lowest BCUT2D eigenvalue weighted by Gasteiger charge is -2.09. The Hall–Kier alpha value is -2.70. The molecule has 0 radical (unpaired) electrons. The lowest BCUT2D eigenvalue weighted by atomic mass is 10.1. The van der Waals surface area contributed by atoms with E-state index >= 15 is 0 Å². The van der Waals surface area contributed by atoms with Crippen LogP contribution in [0.25, 0.3) is 10.9 Å². The maximum absolute atomic E-state index is 12.6. The Balaban J connectivity index is 2.10. The van der Waals surface area contributed by atoms with E-state index in [1.165, 1.54) is 29.2 Å². The third kappa shape index (κ3) is 2.46. The van der Waals surface area contributed by atoms with Gasteiger partial charge in [-0.2, -0.15) is 10.4 Å². The van der Waals surface area contributed by atoms with Crippen LogP contribution in [0.1, 0.15) is 12.5 Å². The highest BCUT2D eigenvalue weighted by Gasteiger charge is 2.23. The van der Waals surface area contributed by atoms with E-state index in [9.17, 15) is 8.42 Å². The van der Waals surface area contributed by atoms with E-state index in [0.717, 1.165) is 0 Å². The van der Waals surface area contributed by atoms with Crippen molar-refractivity contribution in [1.82, 2.24) is 14.8 Å². The lowest BCUT2D eigenvalue weighted by molar-refractivity contribution is 0.601. The van der Waals surface area contributed by atoms with Crippen molar-refractivity contribution in [1.29, 1.82) is 5.26 Å². The monoisotopic (exact) mass is 364 g/mol. The maximum Gasteiger partial charge on any atom is 0.267 e. The first-order valence-corrected chi connectivity index (χ1v) is 8.79. The Kier molecular flexibility index (Phi) is 3.87. The number of nitrogen functional groups attached to an aromatic ring is 1. The van der Waals surface area contributed by atoms with Gasteiger partial charge in [0.15, 0.2) is 0 Å². The van der Waals surface area contributed by atoms with Crippen LogP contribution in [0.5, 0.6) is 0 Å². The molecule has 0 saturated heterocycles. The van der Waals surface area contributed by atoms with Crippen LogP contribution >= 0.6 is 11.6 Å². The van der Waals surface area contributed by atoms with Crippen molar-refractivity contribution in [2.75, 3.05) is 10.5 Å². The number of nitriles is 1. The fourth-order valence-electron chi connectivity index (χ4n) is 2.42. The predicted molar refractivity (Wildman–Crippen MR) is 91.1 cm³/mol. The van der Waals surface area contributed by atoms with Gasteiger partial charge >= 0.3 is 0 Å². The van der Waals surface area contributed by atoms with Gasteiger partial charge in [-0.1, -0.05) is 11.6 Å². The number of benzene rings is 1. The Bertz CT molecular complexity index is 1080. The number of rotatable bonds is 4. The highest BCUT2D eigenvalue weighted by atomic mass is 35.5. The van der Waals surface area contributed by atoms with Gasteiger partial charge in [-0.05, 0) is 19.1 Å². The third-order valence-corrected chi connectivity index (χ3v) is 5.28. The molecule has 2 heterocycles. The summed E-state index contributed by atoms with van der Waals surface area (Å²) in [5, 5.41) is 13.9. The molecule has 0 aliphatic carbocycles. The van der Waals surface area contributed by atoms with Gasteiger partial charge in [0.2, 0.25) is 0 Å². The number of hydrogen-bond donors (Lipinski definition) is 3. The number of hydrogen-bond acceptors (Lipinski definition) is 5. The van der Waals surface area contributed by atoms with Gasteiger partial charge in [0.05, 0.1) is 28.0 Å². The van der Waals surface area contributed by atoms with Gasteiger partial charge in [-0.3, -0.25) is 4.72 Å². The number of fused-ring (bicyclic) bond motifs is 1. The molecule has 10 heteroatoms. The van der Waals surface area contributed by atoms with Crippen LogP contribution in [0.15, 0.2) is 29.4 Å². The SMILES string of the molecule is CCn1ncc(S(=O)(=O)Nc2ccc(Cl)c3c(C#N)c[nH]c23)c1N. The molecule has 1 aromatic carbocycles. The van der Waals surface area contributed by atoms with E-state index in [1.807, 2.05) is 6.07 Å². The molecule has 0 bridgehead atoms. The fraction of sp³-hybridized carbons (Fsp3) is 0.143. The van der Waals surface area contributed by atoms with Crippen molar-refractivity contribution >= 4 is 44.0 Å². The van der Waals surface area contributed by atoms with E-state index in [0.29, 0.717) is 28.0 Å². The highest BCUT2D eigenvalue weighted by molar-refractivity contribution is 7.92. The molecule has 0 aliphatic heterocycles. The average Bonchev–Trinajstić information content (AvgIpc) is 3.14. The van der Waals surface area contributed by atoms with Crippen molar-refractivity contribution in [2.24, 2.45) is 0 Å². The molecule has 8 nitrogen and oxygen atoms in total. The summed E-state index contributed by atoms with van der Waals surface area (Å²) < 4.78 is 29.0. The highest BCUT2D eigenvalue weighted by Crippen LogP contribution is 2.33. The van der Waals surface area contributed by atoms with Crippen LogP contribution in [0, 0.1) is 11.3 Å². The minimum atomic E-state index is -3.94. The quantitative estimate of drug-likeness (QED) is 0.653. The number of nitrogens with zero attached hydrogens (tertiary/aromatic N) is 3. The maximum atomic E-state index is 12.6. The second-order valence-corrected chi connectivity index (χ2v) is 7.03. The van der Waals surface area contributed by atoms with E-state index in [2.05, 4.69) is 14.8 Å². The van der Waals surface area contributed by atoms with Crippen LogP contribution in [-0.4, -0.2) is 23.2 Å². The van der Waals surface area contributed by atoms with E-state index in [1.54, 1.807) is 6.92 Å². The molecule has 0 unspecified atom stereocenters. The minimum absolute atomic E-state index is 0.0550. The van der Waals surface area contributed by atoms with Crippen molar-refractivity contribution in [3.63, 3.8) is 0 Å². The fourth-order valence-corrected chi connectivity index (χ4v) is 3.81. The molecule has 0 fully saturated rings. The van der Waals surface area contributed by atoms with Crippen LogP contribution < -0.4 is 10.5 Å². The molecule has 0 aliphatic rings. The number of aryl methyl sites for hydroxylation is 1. The molecule has 0 spiro atoms. The summed E-state index contributed by atoms with van der Waals surface area (Å²) in [5.41, 5.74) is 6.84. The lowest BCUT2D eigenvalue weighted by Crippen LogP contribution is -2.15. The molecule has 3 aromatic rings. The van der Waals surface area contributed by atoms with Crippen LogP contribution in [0.4, 0.5) is 11.5 Å². The molecule has 124 valence electrons. The number of sulfonamides is 1. The third-order valence-electron chi connectivity index (χ3n) is 3.58. The van der Waals surface area contributed by atoms with Crippen LogP contribution in [-0.2, 0) is 16.6 Å². The number of halogens is 1. The smallest absolute Gasteiger partial charge is 0.267 e. The zero-order valence-corrected chi connectivity index (χ0v) is 14.1. The Morgan fingerprint density at radius 3 is 2.88 bits per heavy atom. The first-order chi connectivity index (χ1) is 11.4. The number of nitrogens with one attached hydrogen (secondary N) is 2. The largest absolute Gasteiger partial charge is 0.383 e. The number of aromatic amines is 1. The van der Waals surface area contributed by atoms with Gasteiger partial charge in [-0.15, -0.1) is 0 Å². The van der Waals surface area contributed by atoms with E-state index < -0.39 is 10.0 Å². The number of nitrogens with two attached hydrogens (primary N) is 1. The average molecular weight is 365 g/mol. The minimum Gasteiger partial charge on any atom is -0.383 e. The van der Waals surface area contributed by atoms with Gasteiger partial charge in [0.25, 0.3) is 10.0 Å². The zero-order chi connectivity index (χ0) is 17.5. The summed E-state index contributed by atoms with van der Waals surface area (Å²) in [6.07, 6.45) is 2.67. The summed E-state index contributed by atoms with van der Waals surface area (Å²) >= 11 is 6.11. The predicted octanol–water partition coefficient (Wildman–Crippen LogP) is 2.29. The molecular formula is C14H13ClN6O2S. The molecule has 2 aromatic heterocycles. The van der Waals surface area contributed by atoms with E-state index in [4.69, 9.17) is 22.6 Å². The second kappa shape index (κ2) is 5.74. The molecule has 0 saturated carbocycles. The van der Waals surface area contributed by atoms with Crippen molar-refractivity contribution in [3.05, 3.63) is 35.1 Å². The summed E-state index contributed by atoms with van der Waals surface area (Å²) in [4.78, 5) is 2.76. The second-order valence-electron chi connectivity index (χ2n) is 4.97. The van der Waals surface area contributed by atoms with Gasteiger partial charge in [-0.25, -0.2) is 13.1 Å². The van der Waals surface area contributed by atoms with Crippen LogP contribution in [0.3, 0.4) is 0 Å². The molecular weight excluding hydrogens is 352 g/mol. The van der Waals surface area contributed by atoms with Gasteiger partial charge < -0.3 is 10.7 Å². The summed E-state index contributed by atoms with van der Waals surface area (Å²) in [5.74, 6) is 0.0550. The Morgan fingerprint density at radius 2 is 2.25 bits per heavy atom. The Morgan fingerprint density at radius 1 is 1.50 bits per heavy atom. The first-order valence-electron chi connectivity index (χ1n) is 6.92. The van der Waals surface area contributed by atoms with E-state index in [-0.39, 0.29) is 16.4 Å². The van der Waals surface area contributed by atoms with Crippen molar-refractivity contribution < 1.29 is 8.42 Å². The van der Waals surface area contributed by atoms with Gasteiger partial charge in [0.1, 0.15) is 16.8 Å². The summed E-state index contributed by atoms with van der Waals surface area (Å²) in [6, 6.07) is 5.04. The van der Waals surface area contributed by atoms with Crippen LogP contribution in [0.2, 0.25) is 5.02 Å². The topological polar surface area (TPSA) is 130 Å². The summed E-state index contributed by atoms with van der Waals surface area (Å²) in [6.45, 7) is 2.26. The summed E-state index contributed by atoms with van der Waals surface area (Å²) in [7, 11) is -3.94. The molecule has 24 heavy (non-hydrogen) atoms. The zero-order valence-electron chi connectivity index (χ0n) is 12.5. The first kappa shape index (κ1) is 16.2. The van der Waals surface area contributed by atoms with Crippen molar-refractivity contribution in [2.45, 2.75) is 18.4 Å².